The Morgan fingerprint density at radius 3 is 1.79 bits per heavy atom. The molecule has 264 valence electrons. The van der Waals surface area contributed by atoms with Crippen LogP contribution in [0.1, 0.15) is 6.92 Å². The van der Waals surface area contributed by atoms with Gasteiger partial charge in [0.25, 0.3) is 0 Å². The summed E-state index contributed by atoms with van der Waals surface area (Å²) in [6.07, 6.45) is 9.76. The van der Waals surface area contributed by atoms with Crippen LogP contribution in [0, 0.1) is 0 Å². The van der Waals surface area contributed by atoms with Crippen LogP contribution < -0.4 is 4.90 Å². The molecule has 2 heteroatoms. The number of fused-ring (bicyclic) bond motifs is 5. The minimum absolute atomic E-state index is 0.966. The zero-order valence-corrected chi connectivity index (χ0v) is 31.2. The number of nitrogens with zero attached hydrogens (tertiary/aromatic N) is 2. The number of allylic oxidation sites excluding steroid dienone is 5. The number of aromatic nitrogens is 1. The van der Waals surface area contributed by atoms with Gasteiger partial charge in [-0.25, -0.2) is 0 Å². The summed E-state index contributed by atoms with van der Waals surface area (Å²) in [4.78, 5) is 6.95. The van der Waals surface area contributed by atoms with Crippen molar-refractivity contribution in [2.24, 2.45) is 0 Å². The van der Waals surface area contributed by atoms with Gasteiger partial charge in [0, 0.05) is 28.7 Å². The smallest absolute Gasteiger partial charge is 0.0722 e. The van der Waals surface area contributed by atoms with Crippen molar-refractivity contribution < 1.29 is 0 Å². The van der Waals surface area contributed by atoms with Gasteiger partial charge in [0.2, 0.25) is 0 Å². The van der Waals surface area contributed by atoms with E-state index in [1.807, 2.05) is 24.4 Å². The molecule has 0 fully saturated rings. The van der Waals surface area contributed by atoms with E-state index in [-0.39, 0.29) is 0 Å². The largest absolute Gasteiger partial charge is 0.314 e. The molecule has 0 bridgehead atoms. The molecule has 1 aliphatic carbocycles. The van der Waals surface area contributed by atoms with Crippen LogP contribution in [0.5, 0.6) is 0 Å². The third-order valence-corrected chi connectivity index (χ3v) is 11.1. The summed E-state index contributed by atoms with van der Waals surface area (Å²) in [5, 5.41) is 6.23. The number of hydrogen-bond donors (Lipinski definition) is 0. The van der Waals surface area contributed by atoms with Gasteiger partial charge >= 0.3 is 0 Å². The molecule has 9 aromatic rings. The summed E-state index contributed by atoms with van der Waals surface area (Å²) >= 11 is 0. The summed E-state index contributed by atoms with van der Waals surface area (Å²) < 4.78 is 0. The molecule has 0 spiro atoms. The highest BCUT2D eigenvalue weighted by Gasteiger charge is 2.31. The van der Waals surface area contributed by atoms with Crippen LogP contribution in [0.4, 0.5) is 11.4 Å². The van der Waals surface area contributed by atoms with E-state index in [0.717, 1.165) is 28.0 Å². The van der Waals surface area contributed by atoms with Crippen LogP contribution in [-0.2, 0) is 0 Å². The van der Waals surface area contributed by atoms with Crippen LogP contribution in [0.2, 0.25) is 0 Å². The summed E-state index contributed by atoms with van der Waals surface area (Å²) in [7, 11) is 0. The minimum Gasteiger partial charge on any atom is -0.314 e. The first-order chi connectivity index (χ1) is 27.7. The molecule has 8 aromatic carbocycles. The fourth-order valence-electron chi connectivity index (χ4n) is 8.75. The standard InChI is InChI=1S/C54H38N2/c1-3-4-7-16-36(2)56(42-31-28-38-21-15-34-55-49(38)35-42)41-29-26-37(27-30-41)43-32-33-48-52-44(43)24-14-25-47(52)53-50(39-17-8-5-9-18-39)45-22-12-13-23-46(45)51(54(48)53)40-19-10-6-11-20-40/h3-35H,1H2,2H3/b7-4-,36-16+. The second-order valence-electron chi connectivity index (χ2n) is 14.4. The predicted octanol–water partition coefficient (Wildman–Crippen LogP) is 15.0. The van der Waals surface area contributed by atoms with Crippen molar-refractivity contribution in [3.05, 3.63) is 213 Å². The quantitative estimate of drug-likeness (QED) is 0.146. The van der Waals surface area contributed by atoms with Crippen LogP contribution >= 0.6 is 0 Å². The predicted molar refractivity (Wildman–Crippen MR) is 239 cm³/mol. The average molecular weight is 715 g/mol. The number of hydrogen-bond acceptors (Lipinski definition) is 2. The normalized spacial score (nSPS) is 12.1. The van der Waals surface area contributed by atoms with Crippen molar-refractivity contribution in [3.63, 3.8) is 0 Å². The highest BCUT2D eigenvalue weighted by Crippen LogP contribution is 2.58. The van der Waals surface area contributed by atoms with Crippen molar-refractivity contribution in [2.45, 2.75) is 6.92 Å². The van der Waals surface area contributed by atoms with Crippen LogP contribution in [-0.4, -0.2) is 4.98 Å². The van der Waals surface area contributed by atoms with E-state index in [2.05, 4.69) is 193 Å². The lowest BCUT2D eigenvalue weighted by Gasteiger charge is -2.26. The maximum absolute atomic E-state index is 4.66. The van der Waals surface area contributed by atoms with Crippen molar-refractivity contribution in [2.75, 3.05) is 4.90 Å². The van der Waals surface area contributed by atoms with Crippen molar-refractivity contribution in [3.8, 4) is 55.6 Å². The Labute approximate surface area is 327 Å². The van der Waals surface area contributed by atoms with E-state index >= 15 is 0 Å². The van der Waals surface area contributed by atoms with Gasteiger partial charge in [-0.05, 0) is 121 Å². The zero-order valence-electron chi connectivity index (χ0n) is 31.2. The van der Waals surface area contributed by atoms with Gasteiger partial charge in [0.1, 0.15) is 0 Å². The summed E-state index contributed by atoms with van der Waals surface area (Å²) in [5.74, 6) is 0. The van der Waals surface area contributed by atoms with Gasteiger partial charge in [-0.2, -0.15) is 0 Å². The molecule has 0 amide bonds. The van der Waals surface area contributed by atoms with Gasteiger partial charge in [-0.3, -0.25) is 4.98 Å². The summed E-state index contributed by atoms with van der Waals surface area (Å²) in [5.41, 5.74) is 16.9. The molecule has 0 saturated carbocycles. The zero-order chi connectivity index (χ0) is 37.6. The first-order valence-electron chi connectivity index (χ1n) is 19.2. The van der Waals surface area contributed by atoms with Crippen LogP contribution in [0.25, 0.3) is 88.1 Å². The fraction of sp³-hybridized carbons (Fsp3) is 0.0185. The maximum atomic E-state index is 4.66. The second-order valence-corrected chi connectivity index (χ2v) is 14.4. The Kier molecular flexibility index (Phi) is 8.23. The molecule has 1 aliphatic rings. The van der Waals surface area contributed by atoms with E-state index in [1.54, 1.807) is 6.08 Å². The Morgan fingerprint density at radius 2 is 1.11 bits per heavy atom. The fourth-order valence-corrected chi connectivity index (χ4v) is 8.75. The van der Waals surface area contributed by atoms with E-state index < -0.39 is 0 Å². The highest BCUT2D eigenvalue weighted by molar-refractivity contribution is 6.28. The molecule has 0 unspecified atom stereocenters. The molecule has 0 aliphatic heterocycles. The Morgan fingerprint density at radius 1 is 0.500 bits per heavy atom. The molecule has 0 radical (unpaired) electrons. The van der Waals surface area contributed by atoms with E-state index in [1.165, 1.54) is 77.2 Å². The lowest BCUT2D eigenvalue weighted by atomic mass is 9.82. The Bertz CT molecular complexity index is 2930. The van der Waals surface area contributed by atoms with Gasteiger partial charge < -0.3 is 4.90 Å². The first kappa shape index (κ1) is 33.3. The molecule has 56 heavy (non-hydrogen) atoms. The average Bonchev–Trinajstić information content (AvgIpc) is 3.58. The molecule has 10 rings (SSSR count). The topological polar surface area (TPSA) is 16.1 Å². The minimum atomic E-state index is 0.966. The first-order valence-corrected chi connectivity index (χ1v) is 19.2. The van der Waals surface area contributed by atoms with Gasteiger partial charge in [-0.1, -0.05) is 164 Å². The molecule has 1 heterocycles. The summed E-state index contributed by atoms with van der Waals surface area (Å²) in [6.45, 7) is 5.99. The molecular formula is C54H38N2. The molecular weight excluding hydrogens is 677 g/mol. The number of anilines is 2. The van der Waals surface area contributed by atoms with Gasteiger partial charge in [0.15, 0.2) is 0 Å². The number of rotatable bonds is 8. The molecule has 0 atom stereocenters. The van der Waals surface area contributed by atoms with Crippen LogP contribution in [0.15, 0.2) is 213 Å². The summed E-state index contributed by atoms with van der Waals surface area (Å²) in [6, 6.07) is 61.9. The van der Waals surface area contributed by atoms with Crippen molar-refractivity contribution >= 4 is 43.8 Å². The number of benzene rings is 8. The van der Waals surface area contributed by atoms with E-state index in [0.29, 0.717) is 0 Å². The molecule has 2 nitrogen and oxygen atoms in total. The van der Waals surface area contributed by atoms with Gasteiger partial charge in [-0.15, -0.1) is 0 Å². The SMILES string of the molecule is C=C/C=C\C=C(/C)N(c1ccc(-c2ccc3c4c(cccc24)-c2c-3c(-c3ccccc3)c3ccccc3c2-c2ccccc2)cc1)c1ccc2cccnc2c1. The molecule has 1 aromatic heterocycles. The number of pyridine rings is 1. The maximum Gasteiger partial charge on any atom is 0.0722 e. The third-order valence-electron chi connectivity index (χ3n) is 11.1. The molecule has 0 N–H and O–H groups in total. The highest BCUT2D eigenvalue weighted by atomic mass is 15.1. The Balaban J connectivity index is 1.16. The van der Waals surface area contributed by atoms with E-state index in [4.69, 9.17) is 0 Å². The van der Waals surface area contributed by atoms with Crippen LogP contribution in [0.3, 0.4) is 0 Å². The van der Waals surface area contributed by atoms with Crippen molar-refractivity contribution in [1.82, 2.24) is 4.98 Å². The lowest BCUT2D eigenvalue weighted by Crippen LogP contribution is -2.14. The lowest BCUT2D eigenvalue weighted by molar-refractivity contribution is 1.16. The van der Waals surface area contributed by atoms with E-state index in [9.17, 15) is 0 Å². The molecule has 0 saturated heterocycles. The monoisotopic (exact) mass is 714 g/mol. The van der Waals surface area contributed by atoms with Crippen molar-refractivity contribution in [1.29, 1.82) is 0 Å². The second kappa shape index (κ2) is 13.8. The third kappa shape index (κ3) is 5.46. The van der Waals surface area contributed by atoms with Gasteiger partial charge in [0.05, 0.1) is 5.52 Å². The Hall–Kier alpha value is -7.29.